The van der Waals surface area contributed by atoms with Crippen LogP contribution < -0.4 is 10.1 Å². The van der Waals surface area contributed by atoms with Crippen LogP contribution in [0.15, 0.2) is 10.5 Å². The van der Waals surface area contributed by atoms with E-state index >= 15 is 0 Å². The lowest BCUT2D eigenvalue weighted by Gasteiger charge is -2.12. The summed E-state index contributed by atoms with van der Waals surface area (Å²) in [5.74, 6) is 0.863. The maximum Gasteiger partial charge on any atom is 0.264 e. The Morgan fingerprint density at radius 2 is 2.22 bits per heavy atom. The van der Waals surface area contributed by atoms with Gasteiger partial charge in [0.25, 0.3) is 5.91 Å². The fourth-order valence-corrected chi connectivity index (χ4v) is 3.70. The van der Waals surface area contributed by atoms with Gasteiger partial charge in [-0.25, -0.2) is 0 Å². The number of aryl methyl sites for hydroxylation is 1. The molecule has 122 valence electrons. The number of nitrogens with one attached hydrogen (secondary N) is 1. The van der Waals surface area contributed by atoms with Crippen molar-refractivity contribution in [1.29, 1.82) is 0 Å². The van der Waals surface area contributed by atoms with Gasteiger partial charge in [0.15, 0.2) is 6.61 Å². The monoisotopic (exact) mass is 415 g/mol. The highest BCUT2D eigenvalue weighted by atomic mass is 79.9. The molecule has 1 aliphatic rings. The molecule has 1 aliphatic carbocycles. The Morgan fingerprint density at radius 1 is 1.48 bits per heavy atom. The molecule has 0 saturated heterocycles. The second-order valence-electron chi connectivity index (χ2n) is 5.50. The molecule has 0 aliphatic heterocycles. The molecule has 5 nitrogen and oxygen atoms in total. The van der Waals surface area contributed by atoms with Crippen LogP contribution in [-0.2, 0) is 4.79 Å². The lowest BCUT2D eigenvalue weighted by atomic mass is 10.1. The second kappa shape index (κ2) is 6.75. The molecule has 1 amide bonds. The molecule has 1 fully saturated rings. The van der Waals surface area contributed by atoms with Crippen molar-refractivity contribution in [3.63, 3.8) is 0 Å². The largest absolute Gasteiger partial charge is 0.483 e. The van der Waals surface area contributed by atoms with Crippen LogP contribution in [0.5, 0.6) is 5.75 Å². The van der Waals surface area contributed by atoms with Gasteiger partial charge in [-0.05, 0) is 59.8 Å². The molecule has 0 atom stereocenters. The maximum atomic E-state index is 12.0. The molecule has 1 saturated carbocycles. The summed E-state index contributed by atoms with van der Waals surface area (Å²) in [4.78, 5) is 12.0. The molecule has 8 heteroatoms. The van der Waals surface area contributed by atoms with Crippen molar-refractivity contribution in [1.82, 2.24) is 10.2 Å². The highest BCUT2D eigenvalue weighted by molar-refractivity contribution is 9.10. The zero-order valence-corrected chi connectivity index (χ0v) is 15.8. The second-order valence-corrected chi connectivity index (χ2v) is 7.68. The van der Waals surface area contributed by atoms with Crippen molar-refractivity contribution in [2.75, 3.05) is 11.9 Å². The van der Waals surface area contributed by atoms with E-state index in [2.05, 4.69) is 31.4 Å². The van der Waals surface area contributed by atoms with Gasteiger partial charge in [-0.15, -0.1) is 10.2 Å². The minimum absolute atomic E-state index is 0.0997. The van der Waals surface area contributed by atoms with Gasteiger partial charge in [0.1, 0.15) is 10.8 Å². The Labute approximate surface area is 151 Å². The first-order valence-corrected chi connectivity index (χ1v) is 9.15. The predicted molar refractivity (Wildman–Crippen MR) is 94.6 cm³/mol. The van der Waals surface area contributed by atoms with Crippen molar-refractivity contribution >= 4 is 49.9 Å². The van der Waals surface area contributed by atoms with Crippen LogP contribution in [0.25, 0.3) is 0 Å². The van der Waals surface area contributed by atoms with Crippen molar-refractivity contribution < 1.29 is 9.53 Å². The van der Waals surface area contributed by atoms with Gasteiger partial charge in [0.2, 0.25) is 5.13 Å². The number of hydrogen-bond donors (Lipinski definition) is 1. The van der Waals surface area contributed by atoms with Gasteiger partial charge >= 0.3 is 0 Å². The molecule has 0 radical (unpaired) electrons. The Bertz CT molecular complexity index is 761. The molecule has 3 rings (SSSR count). The summed E-state index contributed by atoms with van der Waals surface area (Å²) in [7, 11) is 0. The number of carbonyl (C=O) groups is 1. The number of benzene rings is 1. The minimum atomic E-state index is -0.263. The molecule has 1 N–H and O–H groups in total. The first kappa shape index (κ1) is 16.7. The molecule has 1 heterocycles. The third kappa shape index (κ3) is 3.84. The molecular formula is C15H15BrClN3O2S. The summed E-state index contributed by atoms with van der Waals surface area (Å²) in [6.45, 7) is 3.69. The van der Waals surface area contributed by atoms with Crippen LogP contribution in [0, 0.1) is 13.8 Å². The molecule has 0 spiro atoms. The summed E-state index contributed by atoms with van der Waals surface area (Å²) in [5, 5.41) is 13.0. The molecule has 2 aromatic rings. The SMILES string of the molecule is Cc1cc(OCC(=O)Nc2nnc(C3CC3)s2)c(Br)c(C)c1Cl. The third-order valence-electron chi connectivity index (χ3n) is 3.54. The van der Waals surface area contributed by atoms with E-state index in [0.717, 1.165) is 33.4 Å². The highest BCUT2D eigenvalue weighted by Gasteiger charge is 2.27. The molecule has 0 unspecified atom stereocenters. The quantitative estimate of drug-likeness (QED) is 0.781. The number of anilines is 1. The Hall–Kier alpha value is -1.18. The number of rotatable bonds is 5. The smallest absolute Gasteiger partial charge is 0.264 e. The van der Waals surface area contributed by atoms with Crippen LogP contribution in [0.2, 0.25) is 5.02 Å². The molecule has 23 heavy (non-hydrogen) atoms. The molecule has 0 bridgehead atoms. The van der Waals surface area contributed by atoms with Crippen LogP contribution in [-0.4, -0.2) is 22.7 Å². The first-order valence-electron chi connectivity index (χ1n) is 7.17. The predicted octanol–water partition coefficient (Wildman–Crippen LogP) is 4.47. The van der Waals surface area contributed by atoms with E-state index in [1.807, 2.05) is 19.9 Å². The number of carbonyl (C=O) groups excluding carboxylic acids is 1. The number of nitrogens with zero attached hydrogens (tertiary/aromatic N) is 2. The number of aromatic nitrogens is 2. The van der Waals surface area contributed by atoms with Crippen LogP contribution in [0.1, 0.15) is 34.9 Å². The minimum Gasteiger partial charge on any atom is -0.483 e. The van der Waals surface area contributed by atoms with Crippen molar-refractivity contribution in [2.45, 2.75) is 32.6 Å². The lowest BCUT2D eigenvalue weighted by Crippen LogP contribution is -2.20. The lowest BCUT2D eigenvalue weighted by molar-refractivity contribution is -0.118. The summed E-state index contributed by atoms with van der Waals surface area (Å²) in [6, 6.07) is 1.81. The Kier molecular flexibility index (Phi) is 4.89. The van der Waals surface area contributed by atoms with E-state index in [4.69, 9.17) is 16.3 Å². The normalized spacial score (nSPS) is 13.9. The fourth-order valence-electron chi connectivity index (χ4n) is 2.08. The molecule has 1 aromatic heterocycles. The van der Waals surface area contributed by atoms with E-state index in [1.165, 1.54) is 11.3 Å². The van der Waals surface area contributed by atoms with E-state index < -0.39 is 0 Å². The van der Waals surface area contributed by atoms with E-state index in [9.17, 15) is 4.79 Å². The van der Waals surface area contributed by atoms with Gasteiger partial charge in [0, 0.05) is 10.9 Å². The number of halogens is 2. The van der Waals surface area contributed by atoms with Crippen molar-refractivity contribution in [2.24, 2.45) is 0 Å². The molecule has 1 aromatic carbocycles. The topological polar surface area (TPSA) is 64.1 Å². The summed E-state index contributed by atoms with van der Waals surface area (Å²) in [6.07, 6.45) is 2.32. The van der Waals surface area contributed by atoms with Crippen molar-refractivity contribution in [3.05, 3.63) is 31.7 Å². The Morgan fingerprint density at radius 3 is 2.91 bits per heavy atom. The third-order valence-corrected chi connectivity index (χ3v) is 6.11. The first-order chi connectivity index (χ1) is 11.0. The van der Waals surface area contributed by atoms with Gasteiger partial charge in [-0.2, -0.15) is 0 Å². The average Bonchev–Trinajstić information content (AvgIpc) is 3.28. The van der Waals surface area contributed by atoms with Crippen LogP contribution >= 0.6 is 38.9 Å². The standard InChI is InChI=1S/C15H15BrClN3O2S/c1-7-5-10(12(16)8(2)13(7)17)22-6-11(21)18-15-20-19-14(23-15)9-3-4-9/h5,9H,3-4,6H2,1-2H3,(H,18,20,21). The Balaban J connectivity index is 1.60. The zero-order chi connectivity index (χ0) is 16.6. The molecular weight excluding hydrogens is 402 g/mol. The maximum absolute atomic E-state index is 12.0. The van der Waals surface area contributed by atoms with Gasteiger partial charge in [0.05, 0.1) is 4.47 Å². The summed E-state index contributed by atoms with van der Waals surface area (Å²) < 4.78 is 6.35. The van der Waals surface area contributed by atoms with Crippen LogP contribution in [0.3, 0.4) is 0 Å². The zero-order valence-electron chi connectivity index (χ0n) is 12.7. The summed E-state index contributed by atoms with van der Waals surface area (Å²) >= 11 is 11.1. The van der Waals surface area contributed by atoms with E-state index in [1.54, 1.807) is 0 Å². The summed E-state index contributed by atoms with van der Waals surface area (Å²) in [5.41, 5.74) is 1.79. The van der Waals surface area contributed by atoms with E-state index in [0.29, 0.717) is 21.8 Å². The number of amides is 1. The number of hydrogen-bond acceptors (Lipinski definition) is 5. The highest BCUT2D eigenvalue weighted by Crippen LogP contribution is 2.42. The van der Waals surface area contributed by atoms with Gasteiger partial charge in [-0.1, -0.05) is 22.9 Å². The average molecular weight is 417 g/mol. The fraction of sp³-hybridized carbons (Fsp3) is 0.400. The van der Waals surface area contributed by atoms with E-state index in [-0.39, 0.29) is 12.5 Å². The van der Waals surface area contributed by atoms with Crippen molar-refractivity contribution in [3.8, 4) is 5.75 Å². The number of ether oxygens (including phenoxy) is 1. The van der Waals surface area contributed by atoms with Crippen LogP contribution in [0.4, 0.5) is 5.13 Å². The van der Waals surface area contributed by atoms with Gasteiger partial charge < -0.3 is 4.74 Å². The van der Waals surface area contributed by atoms with Gasteiger partial charge in [-0.3, -0.25) is 10.1 Å².